The van der Waals surface area contributed by atoms with Crippen molar-refractivity contribution in [3.8, 4) is 0 Å². The molecule has 3 heterocycles. The quantitative estimate of drug-likeness (QED) is 0.719. The van der Waals surface area contributed by atoms with Gasteiger partial charge in [0.05, 0.1) is 0 Å². The molecule has 0 bridgehead atoms. The Bertz CT molecular complexity index is 1100. The second-order valence-corrected chi connectivity index (χ2v) is 9.59. The van der Waals surface area contributed by atoms with E-state index in [2.05, 4.69) is 34.4 Å². The molecule has 1 atom stereocenters. The van der Waals surface area contributed by atoms with Gasteiger partial charge in [-0.25, -0.2) is 9.97 Å². The maximum absolute atomic E-state index is 13.5. The van der Waals surface area contributed by atoms with E-state index in [9.17, 15) is 9.59 Å². The molecule has 1 amide bonds. The maximum atomic E-state index is 13.5. The number of rotatable bonds is 3. The zero-order valence-electron chi connectivity index (χ0n) is 17.7. The summed E-state index contributed by atoms with van der Waals surface area (Å²) in [5.74, 6) is 2.06. The van der Waals surface area contributed by atoms with E-state index in [0.717, 1.165) is 37.2 Å². The average molecular weight is 409 g/mol. The number of pyridine rings is 1. The number of carbonyl (C=O) groups is 1. The molecule has 2 aromatic heterocycles. The third-order valence-corrected chi connectivity index (χ3v) is 7.46. The molecule has 158 valence electrons. The van der Waals surface area contributed by atoms with Gasteiger partial charge in [0.2, 0.25) is 0 Å². The molecule has 8 heteroatoms. The normalized spacial score (nSPS) is 29.3. The van der Waals surface area contributed by atoms with Crippen molar-refractivity contribution < 1.29 is 4.79 Å². The predicted molar refractivity (Wildman–Crippen MR) is 114 cm³/mol. The second kappa shape index (κ2) is 6.30. The van der Waals surface area contributed by atoms with Crippen LogP contribution in [-0.2, 0) is 5.66 Å². The second-order valence-electron chi connectivity index (χ2n) is 9.59. The Morgan fingerprint density at radius 2 is 1.93 bits per heavy atom. The van der Waals surface area contributed by atoms with Crippen LogP contribution in [0.15, 0.2) is 23.3 Å². The van der Waals surface area contributed by atoms with Gasteiger partial charge in [0.1, 0.15) is 35.0 Å². The Balaban J connectivity index is 1.52. The molecule has 3 aliphatic rings. The van der Waals surface area contributed by atoms with Gasteiger partial charge in [0.15, 0.2) is 0 Å². The summed E-state index contributed by atoms with van der Waals surface area (Å²) >= 11 is 0. The van der Waals surface area contributed by atoms with Crippen LogP contribution in [0.4, 0.5) is 17.3 Å². The highest BCUT2D eigenvalue weighted by atomic mass is 16.2. The van der Waals surface area contributed by atoms with Crippen molar-refractivity contribution in [1.82, 2.24) is 19.9 Å². The van der Waals surface area contributed by atoms with Crippen molar-refractivity contribution >= 4 is 23.2 Å². The topological polar surface area (TPSA) is 115 Å². The molecule has 5 rings (SSSR count). The lowest BCUT2D eigenvalue weighted by molar-refractivity contribution is 0.0797. The Hall–Kier alpha value is -2.90. The lowest BCUT2D eigenvalue weighted by Gasteiger charge is -2.39. The number of nitrogens with zero attached hydrogens (tertiary/aromatic N) is 3. The molecule has 0 radical (unpaired) electrons. The van der Waals surface area contributed by atoms with Crippen molar-refractivity contribution in [2.45, 2.75) is 58.5 Å². The number of hydrogen-bond acceptors (Lipinski definition) is 6. The van der Waals surface area contributed by atoms with Crippen molar-refractivity contribution in [3.63, 3.8) is 0 Å². The van der Waals surface area contributed by atoms with Crippen molar-refractivity contribution in [2.24, 2.45) is 17.3 Å². The van der Waals surface area contributed by atoms with Crippen LogP contribution in [0.3, 0.4) is 0 Å². The van der Waals surface area contributed by atoms with E-state index in [1.54, 1.807) is 16.7 Å². The number of amides is 1. The van der Waals surface area contributed by atoms with Crippen molar-refractivity contribution in [3.05, 3.63) is 40.1 Å². The van der Waals surface area contributed by atoms with Gasteiger partial charge in [-0.3, -0.25) is 14.2 Å². The average Bonchev–Trinajstić information content (AvgIpc) is 3.33. The van der Waals surface area contributed by atoms with Gasteiger partial charge in [-0.15, -0.1) is 0 Å². The number of aromatic nitrogens is 3. The molecule has 2 fully saturated rings. The van der Waals surface area contributed by atoms with Gasteiger partial charge in [-0.05, 0) is 67.9 Å². The first-order valence-corrected chi connectivity index (χ1v) is 10.7. The number of fused-ring (bicyclic) bond motifs is 2. The SMILES string of the molecule is Cc1cc(Nc2cc(N)ncn2)c(=O)n2c1C(=O)NC21CCC2(CC1)CC2C(C)C. The van der Waals surface area contributed by atoms with E-state index >= 15 is 0 Å². The maximum Gasteiger partial charge on any atom is 0.276 e. The van der Waals surface area contributed by atoms with E-state index in [1.165, 1.54) is 12.7 Å². The van der Waals surface area contributed by atoms with Crippen molar-refractivity contribution in [2.75, 3.05) is 11.1 Å². The summed E-state index contributed by atoms with van der Waals surface area (Å²) < 4.78 is 1.71. The highest BCUT2D eigenvalue weighted by molar-refractivity contribution is 5.97. The van der Waals surface area contributed by atoms with Crippen molar-refractivity contribution in [1.29, 1.82) is 0 Å². The van der Waals surface area contributed by atoms with Gasteiger partial charge in [-0.2, -0.15) is 0 Å². The summed E-state index contributed by atoms with van der Waals surface area (Å²) in [6.45, 7) is 6.45. The smallest absolute Gasteiger partial charge is 0.276 e. The minimum absolute atomic E-state index is 0.158. The van der Waals surface area contributed by atoms with Gasteiger partial charge in [0, 0.05) is 6.07 Å². The minimum Gasteiger partial charge on any atom is -0.384 e. The predicted octanol–water partition coefficient (Wildman–Crippen LogP) is 2.91. The molecule has 1 aliphatic heterocycles. The van der Waals surface area contributed by atoms with Crippen LogP contribution in [0, 0.1) is 24.2 Å². The van der Waals surface area contributed by atoms with E-state index in [0.29, 0.717) is 34.3 Å². The summed E-state index contributed by atoms with van der Waals surface area (Å²) in [6, 6.07) is 3.29. The van der Waals surface area contributed by atoms with Crippen LogP contribution in [0.5, 0.6) is 0 Å². The number of hydrogen-bond donors (Lipinski definition) is 3. The van der Waals surface area contributed by atoms with Gasteiger partial charge in [-0.1, -0.05) is 13.8 Å². The van der Waals surface area contributed by atoms with Crippen LogP contribution >= 0.6 is 0 Å². The third kappa shape index (κ3) is 2.73. The molecule has 8 nitrogen and oxygen atoms in total. The Morgan fingerprint density at radius 3 is 2.57 bits per heavy atom. The zero-order valence-corrected chi connectivity index (χ0v) is 17.7. The molecule has 2 spiro atoms. The molecule has 2 saturated carbocycles. The molecule has 30 heavy (non-hydrogen) atoms. The van der Waals surface area contributed by atoms with Crippen LogP contribution in [-0.4, -0.2) is 20.4 Å². The fourth-order valence-electron chi connectivity index (χ4n) is 5.84. The highest BCUT2D eigenvalue weighted by Crippen LogP contribution is 2.66. The fraction of sp³-hybridized carbons (Fsp3) is 0.545. The Morgan fingerprint density at radius 1 is 1.20 bits per heavy atom. The number of nitrogen functional groups attached to an aromatic ring is 1. The standard InChI is InChI=1S/C22H28N6O2/c1-12(2)14-10-21(14)4-6-22(7-5-21)27-19(29)18-13(3)8-15(20(30)28(18)22)26-17-9-16(23)24-11-25-17/h8-9,11-12,14H,4-7,10H2,1-3H3,(H,27,29)(H3,23,24,25,26). The van der Waals surface area contributed by atoms with Gasteiger partial charge >= 0.3 is 0 Å². The summed E-state index contributed by atoms with van der Waals surface area (Å²) in [4.78, 5) is 34.4. The van der Waals surface area contributed by atoms with E-state index in [4.69, 9.17) is 5.73 Å². The summed E-state index contributed by atoms with van der Waals surface area (Å²) in [6.07, 6.45) is 6.29. The molecule has 0 aromatic carbocycles. The zero-order chi connectivity index (χ0) is 21.3. The first-order chi connectivity index (χ1) is 14.2. The molecule has 4 N–H and O–H groups in total. The highest BCUT2D eigenvalue weighted by Gasteiger charge is 2.60. The Kier molecular flexibility index (Phi) is 4.01. The number of carbonyl (C=O) groups excluding carboxylic acids is 1. The first kappa shape index (κ1) is 19.1. The van der Waals surface area contributed by atoms with Gasteiger partial charge < -0.3 is 16.4 Å². The van der Waals surface area contributed by atoms with E-state index in [1.807, 2.05) is 6.92 Å². The number of aryl methyl sites for hydroxylation is 1. The summed E-state index contributed by atoms with van der Waals surface area (Å²) in [5, 5.41) is 6.24. The largest absolute Gasteiger partial charge is 0.384 e. The number of nitrogens with one attached hydrogen (secondary N) is 2. The van der Waals surface area contributed by atoms with E-state index in [-0.39, 0.29) is 11.5 Å². The molecule has 1 unspecified atom stereocenters. The minimum atomic E-state index is -0.633. The lowest BCUT2D eigenvalue weighted by Crippen LogP contribution is -2.50. The number of nitrogens with two attached hydrogens (primary N) is 1. The van der Waals surface area contributed by atoms with Crippen LogP contribution in [0.25, 0.3) is 0 Å². The molecular weight excluding hydrogens is 380 g/mol. The van der Waals surface area contributed by atoms with Crippen LogP contribution in [0.1, 0.15) is 62.0 Å². The summed E-state index contributed by atoms with van der Waals surface area (Å²) in [7, 11) is 0. The molecule has 0 saturated heterocycles. The summed E-state index contributed by atoms with van der Waals surface area (Å²) in [5.41, 5.74) is 6.92. The van der Waals surface area contributed by atoms with Crippen LogP contribution in [0.2, 0.25) is 0 Å². The molecular formula is C22H28N6O2. The third-order valence-electron chi connectivity index (χ3n) is 7.46. The Labute approximate surface area is 175 Å². The monoisotopic (exact) mass is 408 g/mol. The molecule has 2 aliphatic carbocycles. The first-order valence-electron chi connectivity index (χ1n) is 10.7. The van der Waals surface area contributed by atoms with E-state index < -0.39 is 5.66 Å². The molecule has 2 aromatic rings. The fourth-order valence-corrected chi connectivity index (χ4v) is 5.84. The van der Waals surface area contributed by atoms with Crippen LogP contribution < -0.4 is 21.9 Å². The van der Waals surface area contributed by atoms with Gasteiger partial charge in [0.25, 0.3) is 11.5 Å². The lowest BCUT2D eigenvalue weighted by atomic mass is 9.77. The number of anilines is 3.